The van der Waals surface area contributed by atoms with E-state index >= 15 is 0 Å². The zero-order valence-electron chi connectivity index (χ0n) is 8.79. The van der Waals surface area contributed by atoms with Gasteiger partial charge in [-0.1, -0.05) is 13.8 Å². The Morgan fingerprint density at radius 1 is 1.43 bits per heavy atom. The molecular formula is C10H17N3S. The molecule has 0 spiro atoms. The topological polar surface area (TPSA) is 37.8 Å². The quantitative estimate of drug-likeness (QED) is 0.809. The highest BCUT2D eigenvalue weighted by Crippen LogP contribution is 2.41. The average Bonchev–Trinajstić information content (AvgIpc) is 2.87. The van der Waals surface area contributed by atoms with Gasteiger partial charge in [-0.05, 0) is 12.8 Å². The van der Waals surface area contributed by atoms with Crippen LogP contribution in [0.4, 0.5) is 0 Å². The second-order valence-corrected chi connectivity index (χ2v) is 5.26. The van der Waals surface area contributed by atoms with Crippen molar-refractivity contribution < 1.29 is 0 Å². The van der Waals surface area contributed by atoms with E-state index in [2.05, 4.69) is 29.4 Å². The van der Waals surface area contributed by atoms with Crippen LogP contribution in [0.1, 0.15) is 42.6 Å². The van der Waals surface area contributed by atoms with Crippen molar-refractivity contribution in [3.8, 4) is 0 Å². The second-order valence-electron chi connectivity index (χ2n) is 4.17. The summed E-state index contributed by atoms with van der Waals surface area (Å²) in [6.07, 6.45) is 3.65. The first-order valence-electron chi connectivity index (χ1n) is 5.31. The molecule has 0 unspecified atom stereocenters. The van der Waals surface area contributed by atoms with Gasteiger partial charge in [-0.15, -0.1) is 21.5 Å². The Morgan fingerprint density at radius 2 is 2.21 bits per heavy atom. The van der Waals surface area contributed by atoms with Gasteiger partial charge in [0.15, 0.2) is 0 Å². The summed E-state index contributed by atoms with van der Waals surface area (Å²) in [5.74, 6) is 0.749. The normalized spacial score (nSPS) is 16.5. The molecule has 0 saturated heterocycles. The van der Waals surface area contributed by atoms with Crippen molar-refractivity contribution in [2.24, 2.45) is 0 Å². The molecule has 0 bridgehead atoms. The molecule has 1 aromatic rings. The van der Waals surface area contributed by atoms with Gasteiger partial charge in [0, 0.05) is 24.9 Å². The predicted octanol–water partition coefficient (Wildman–Crippen LogP) is 1.96. The number of nitrogens with zero attached hydrogens (tertiary/aromatic N) is 2. The Morgan fingerprint density at radius 3 is 2.86 bits per heavy atom. The van der Waals surface area contributed by atoms with E-state index in [1.807, 2.05) is 0 Å². The van der Waals surface area contributed by atoms with E-state index in [-0.39, 0.29) is 0 Å². The fraction of sp³-hybridized carbons (Fsp3) is 0.800. The first kappa shape index (κ1) is 10.1. The highest BCUT2D eigenvalue weighted by atomic mass is 32.1. The molecule has 4 heteroatoms. The Bertz CT molecular complexity index is 291. The van der Waals surface area contributed by atoms with Crippen molar-refractivity contribution in [3.63, 3.8) is 0 Å². The first-order valence-corrected chi connectivity index (χ1v) is 6.13. The lowest BCUT2D eigenvalue weighted by Gasteiger charge is -2.04. The largest absolute Gasteiger partial charge is 0.314 e. The fourth-order valence-corrected chi connectivity index (χ4v) is 2.34. The zero-order chi connectivity index (χ0) is 9.97. The minimum absolute atomic E-state index is 0.561. The molecule has 3 nitrogen and oxygen atoms in total. The fourth-order valence-electron chi connectivity index (χ4n) is 1.33. The molecule has 1 heterocycles. The Balaban J connectivity index is 1.78. The summed E-state index contributed by atoms with van der Waals surface area (Å²) in [6.45, 7) is 5.34. The van der Waals surface area contributed by atoms with Crippen LogP contribution in [0.3, 0.4) is 0 Å². The van der Waals surface area contributed by atoms with E-state index in [0.29, 0.717) is 6.04 Å². The molecule has 14 heavy (non-hydrogen) atoms. The van der Waals surface area contributed by atoms with Crippen molar-refractivity contribution in [2.45, 2.75) is 45.1 Å². The highest BCUT2D eigenvalue weighted by Gasteiger charge is 2.27. The number of nitrogens with one attached hydrogen (secondary N) is 1. The summed E-state index contributed by atoms with van der Waals surface area (Å²) in [5, 5.41) is 14.2. The minimum atomic E-state index is 0.561. The van der Waals surface area contributed by atoms with Crippen LogP contribution in [-0.2, 0) is 6.42 Å². The Hall–Kier alpha value is -0.480. The number of hydrogen-bond acceptors (Lipinski definition) is 4. The van der Waals surface area contributed by atoms with Crippen molar-refractivity contribution in [2.75, 3.05) is 6.54 Å². The lowest BCUT2D eigenvalue weighted by molar-refractivity contribution is 0.588. The molecule has 1 aliphatic carbocycles. The van der Waals surface area contributed by atoms with Crippen LogP contribution in [0.15, 0.2) is 0 Å². The molecule has 1 aromatic heterocycles. The van der Waals surface area contributed by atoms with Crippen LogP contribution in [0.2, 0.25) is 0 Å². The van der Waals surface area contributed by atoms with Gasteiger partial charge in [-0.25, -0.2) is 0 Å². The third-order valence-corrected chi connectivity index (χ3v) is 3.45. The number of hydrogen-bond donors (Lipinski definition) is 1. The van der Waals surface area contributed by atoms with E-state index in [4.69, 9.17) is 0 Å². The molecule has 0 radical (unpaired) electrons. The molecule has 0 aliphatic heterocycles. The minimum Gasteiger partial charge on any atom is -0.314 e. The van der Waals surface area contributed by atoms with Gasteiger partial charge in [-0.2, -0.15) is 0 Å². The van der Waals surface area contributed by atoms with Crippen molar-refractivity contribution >= 4 is 11.3 Å². The molecular weight excluding hydrogens is 194 g/mol. The summed E-state index contributed by atoms with van der Waals surface area (Å²) in [4.78, 5) is 0. The SMILES string of the molecule is CC(C)NCCc1nnc(C2CC2)s1. The summed E-state index contributed by atoms with van der Waals surface area (Å²) < 4.78 is 0. The molecule has 1 fully saturated rings. The van der Waals surface area contributed by atoms with E-state index in [1.54, 1.807) is 11.3 Å². The highest BCUT2D eigenvalue weighted by molar-refractivity contribution is 7.11. The van der Waals surface area contributed by atoms with Crippen molar-refractivity contribution in [3.05, 3.63) is 10.0 Å². The van der Waals surface area contributed by atoms with Gasteiger partial charge in [-0.3, -0.25) is 0 Å². The van der Waals surface area contributed by atoms with E-state index in [0.717, 1.165) is 18.9 Å². The first-order chi connectivity index (χ1) is 6.75. The van der Waals surface area contributed by atoms with E-state index in [9.17, 15) is 0 Å². The second kappa shape index (κ2) is 4.36. The van der Waals surface area contributed by atoms with E-state index < -0.39 is 0 Å². The Labute approximate surface area is 88.9 Å². The smallest absolute Gasteiger partial charge is 0.120 e. The van der Waals surface area contributed by atoms with Gasteiger partial charge in [0.25, 0.3) is 0 Å². The molecule has 0 atom stereocenters. The van der Waals surface area contributed by atoms with Crippen LogP contribution in [0.5, 0.6) is 0 Å². The van der Waals surface area contributed by atoms with Gasteiger partial charge >= 0.3 is 0 Å². The summed E-state index contributed by atoms with van der Waals surface area (Å²) in [6, 6.07) is 0.561. The summed E-state index contributed by atoms with van der Waals surface area (Å²) in [7, 11) is 0. The lowest BCUT2D eigenvalue weighted by atomic mass is 10.3. The molecule has 0 amide bonds. The van der Waals surface area contributed by atoms with Crippen molar-refractivity contribution in [1.82, 2.24) is 15.5 Å². The monoisotopic (exact) mass is 211 g/mol. The maximum absolute atomic E-state index is 4.22. The predicted molar refractivity (Wildman–Crippen MR) is 58.7 cm³/mol. The molecule has 1 N–H and O–H groups in total. The Kier molecular flexibility index (Phi) is 3.13. The zero-order valence-corrected chi connectivity index (χ0v) is 9.60. The lowest BCUT2D eigenvalue weighted by Crippen LogP contribution is -2.24. The van der Waals surface area contributed by atoms with Crippen LogP contribution in [0, 0.1) is 0 Å². The average molecular weight is 211 g/mol. The van der Waals surface area contributed by atoms with Crippen LogP contribution < -0.4 is 5.32 Å². The van der Waals surface area contributed by atoms with Crippen molar-refractivity contribution in [1.29, 1.82) is 0 Å². The summed E-state index contributed by atoms with van der Waals surface area (Å²) in [5.41, 5.74) is 0. The molecule has 1 aliphatic rings. The maximum Gasteiger partial charge on any atom is 0.120 e. The third kappa shape index (κ3) is 2.75. The van der Waals surface area contributed by atoms with Crippen LogP contribution in [0.25, 0.3) is 0 Å². The number of rotatable bonds is 5. The summed E-state index contributed by atoms with van der Waals surface area (Å²) >= 11 is 1.79. The molecule has 78 valence electrons. The van der Waals surface area contributed by atoms with Gasteiger partial charge < -0.3 is 5.32 Å². The standard InChI is InChI=1S/C10H17N3S/c1-7(2)11-6-5-9-12-13-10(14-9)8-3-4-8/h7-8,11H,3-6H2,1-2H3. The third-order valence-electron chi connectivity index (χ3n) is 2.30. The molecule has 0 aromatic carbocycles. The van der Waals surface area contributed by atoms with Gasteiger partial charge in [0.1, 0.15) is 10.0 Å². The maximum atomic E-state index is 4.22. The molecule has 1 saturated carbocycles. The number of aromatic nitrogens is 2. The van der Waals surface area contributed by atoms with Gasteiger partial charge in [0.05, 0.1) is 0 Å². The van der Waals surface area contributed by atoms with Gasteiger partial charge in [0.2, 0.25) is 0 Å². The molecule has 2 rings (SSSR count). The van der Waals surface area contributed by atoms with Crippen LogP contribution >= 0.6 is 11.3 Å². The van der Waals surface area contributed by atoms with Crippen LogP contribution in [-0.4, -0.2) is 22.8 Å². The van der Waals surface area contributed by atoms with E-state index in [1.165, 1.54) is 22.9 Å².